The quantitative estimate of drug-likeness (QED) is 0.803. The summed E-state index contributed by atoms with van der Waals surface area (Å²) in [7, 11) is -0.309. The summed E-state index contributed by atoms with van der Waals surface area (Å²) in [5, 5.41) is 11.8. The Morgan fingerprint density at radius 1 is 1.33 bits per heavy atom. The molecule has 1 aliphatic rings. The van der Waals surface area contributed by atoms with Gasteiger partial charge in [0, 0.05) is 20.4 Å². The van der Waals surface area contributed by atoms with Gasteiger partial charge in [-0.25, -0.2) is 13.4 Å². The number of carbonyl (C=O) groups is 1. The zero-order chi connectivity index (χ0) is 18.0. The third kappa shape index (κ3) is 3.64. The highest BCUT2D eigenvalue weighted by Gasteiger charge is 2.41. The third-order valence-electron chi connectivity index (χ3n) is 4.10. The van der Waals surface area contributed by atoms with E-state index >= 15 is 0 Å². The van der Waals surface area contributed by atoms with Crippen LogP contribution in [0.3, 0.4) is 0 Å². The number of rotatable bonds is 4. The van der Waals surface area contributed by atoms with Crippen LogP contribution in [-0.2, 0) is 14.6 Å². The van der Waals surface area contributed by atoms with Crippen molar-refractivity contribution in [3.8, 4) is 6.07 Å². The second-order valence-corrected chi connectivity index (χ2v) is 8.19. The van der Waals surface area contributed by atoms with Crippen LogP contribution in [0.4, 0.5) is 5.95 Å². The molecule has 0 radical (unpaired) electrons. The molecular weight excluding hydrogens is 330 g/mol. The lowest BCUT2D eigenvalue weighted by Gasteiger charge is -2.38. The first-order valence-corrected chi connectivity index (χ1v) is 9.56. The van der Waals surface area contributed by atoms with E-state index in [2.05, 4.69) is 15.3 Å². The van der Waals surface area contributed by atoms with Gasteiger partial charge in [-0.1, -0.05) is 19.3 Å². The zero-order valence-corrected chi connectivity index (χ0v) is 14.9. The largest absolute Gasteiger partial charge is 0.347 e. The van der Waals surface area contributed by atoms with Gasteiger partial charge in [0.1, 0.15) is 17.2 Å². The first-order chi connectivity index (χ1) is 11.2. The van der Waals surface area contributed by atoms with E-state index in [9.17, 15) is 13.2 Å². The van der Waals surface area contributed by atoms with Crippen LogP contribution in [0.15, 0.2) is 11.2 Å². The maximum absolute atomic E-state index is 12.7. The second-order valence-electron chi connectivity index (χ2n) is 6.26. The Morgan fingerprint density at radius 3 is 2.46 bits per heavy atom. The molecule has 2 rings (SSSR count). The number of anilines is 1. The fraction of sp³-hybridized carbons (Fsp3) is 0.600. The number of aromatic nitrogens is 2. The summed E-state index contributed by atoms with van der Waals surface area (Å²) >= 11 is 0. The number of hydrogen-bond donors (Lipinski definition) is 1. The molecule has 0 aliphatic heterocycles. The van der Waals surface area contributed by atoms with Crippen LogP contribution in [-0.4, -0.2) is 55.1 Å². The minimum Gasteiger partial charge on any atom is -0.347 e. The molecule has 1 N–H and O–H groups in total. The Morgan fingerprint density at radius 2 is 1.96 bits per heavy atom. The molecule has 0 spiro atoms. The maximum Gasteiger partial charge on any atom is 0.247 e. The lowest BCUT2D eigenvalue weighted by atomic mass is 9.80. The summed E-state index contributed by atoms with van der Waals surface area (Å²) in [6.45, 7) is 0. The van der Waals surface area contributed by atoms with Crippen molar-refractivity contribution in [2.24, 2.45) is 0 Å². The van der Waals surface area contributed by atoms with Crippen molar-refractivity contribution in [2.75, 3.05) is 25.7 Å². The highest BCUT2D eigenvalue weighted by molar-refractivity contribution is 7.90. The van der Waals surface area contributed by atoms with Crippen LogP contribution >= 0.6 is 0 Å². The van der Waals surface area contributed by atoms with Crippen molar-refractivity contribution in [1.82, 2.24) is 14.9 Å². The van der Waals surface area contributed by atoms with E-state index in [1.54, 1.807) is 20.2 Å². The lowest BCUT2D eigenvalue weighted by molar-refractivity contribution is -0.134. The van der Waals surface area contributed by atoms with Crippen molar-refractivity contribution in [3.05, 3.63) is 11.8 Å². The monoisotopic (exact) mass is 351 g/mol. The van der Waals surface area contributed by atoms with Crippen LogP contribution in [0.25, 0.3) is 0 Å². The van der Waals surface area contributed by atoms with E-state index in [0.29, 0.717) is 12.8 Å². The molecule has 1 aliphatic carbocycles. The smallest absolute Gasteiger partial charge is 0.247 e. The number of sulfone groups is 1. The van der Waals surface area contributed by atoms with Crippen LogP contribution in [0.2, 0.25) is 0 Å². The third-order valence-corrected chi connectivity index (χ3v) is 5.11. The van der Waals surface area contributed by atoms with Gasteiger partial charge in [-0.2, -0.15) is 10.2 Å². The average Bonchev–Trinajstić information content (AvgIpc) is 2.54. The summed E-state index contributed by atoms with van der Waals surface area (Å²) in [5.41, 5.74) is -0.954. The first kappa shape index (κ1) is 18.1. The molecule has 8 nitrogen and oxygen atoms in total. The lowest BCUT2D eigenvalue weighted by Crippen LogP contribution is -2.53. The normalized spacial score (nSPS) is 16.9. The molecule has 1 aromatic heterocycles. The van der Waals surface area contributed by atoms with Crippen molar-refractivity contribution in [3.63, 3.8) is 0 Å². The Balaban J connectivity index is 2.44. The van der Waals surface area contributed by atoms with Gasteiger partial charge in [-0.3, -0.25) is 4.79 Å². The van der Waals surface area contributed by atoms with Crippen LogP contribution < -0.4 is 5.32 Å². The molecule has 1 aromatic rings. The minimum absolute atomic E-state index is 0.0477. The van der Waals surface area contributed by atoms with Crippen molar-refractivity contribution < 1.29 is 13.2 Å². The fourth-order valence-corrected chi connectivity index (χ4v) is 3.73. The Hall–Kier alpha value is -2.21. The number of nitrogens with one attached hydrogen (secondary N) is 1. The van der Waals surface area contributed by atoms with Crippen molar-refractivity contribution >= 4 is 21.7 Å². The van der Waals surface area contributed by atoms with Crippen molar-refractivity contribution in [2.45, 2.75) is 42.7 Å². The standard InChI is InChI=1S/C15H21N5O3S/c1-20(2)13(21)15(7-5-4-6-8-15)19-14-17-10-11(9-16)12(18-14)24(3,22)23/h10H,4-8H2,1-3H3,(H,17,18,19). The van der Waals surface area contributed by atoms with E-state index in [1.165, 1.54) is 11.1 Å². The summed E-state index contributed by atoms with van der Waals surface area (Å²) in [6.07, 6.45) is 6.24. The fourth-order valence-electron chi connectivity index (χ4n) is 2.98. The van der Waals surface area contributed by atoms with Gasteiger partial charge < -0.3 is 10.2 Å². The Labute approximate surface area is 141 Å². The molecule has 0 aromatic carbocycles. The zero-order valence-electron chi connectivity index (χ0n) is 14.0. The van der Waals surface area contributed by atoms with Crippen LogP contribution in [0, 0.1) is 11.3 Å². The predicted octanol–water partition coefficient (Wildman–Crippen LogP) is 0.955. The summed E-state index contributed by atoms with van der Waals surface area (Å²) < 4.78 is 23.7. The molecule has 1 saturated carbocycles. The number of nitrogens with zero attached hydrogens (tertiary/aromatic N) is 4. The molecule has 0 atom stereocenters. The molecule has 130 valence electrons. The van der Waals surface area contributed by atoms with Gasteiger partial charge in [0.2, 0.25) is 11.9 Å². The second kappa shape index (κ2) is 6.73. The van der Waals surface area contributed by atoms with Gasteiger partial charge in [-0.05, 0) is 12.8 Å². The SMILES string of the molecule is CN(C)C(=O)C1(Nc2ncc(C#N)c(S(C)(=O)=O)n2)CCCCC1. The number of likely N-dealkylation sites (N-methyl/N-ethyl adjacent to an activating group) is 1. The number of amides is 1. The molecule has 0 bridgehead atoms. The van der Waals surface area contributed by atoms with E-state index < -0.39 is 15.4 Å². The Kier molecular flexibility index (Phi) is 5.08. The molecule has 0 unspecified atom stereocenters. The molecule has 9 heteroatoms. The average molecular weight is 351 g/mol. The highest BCUT2D eigenvalue weighted by Crippen LogP contribution is 2.32. The highest BCUT2D eigenvalue weighted by atomic mass is 32.2. The molecule has 24 heavy (non-hydrogen) atoms. The summed E-state index contributed by atoms with van der Waals surface area (Å²) in [6, 6.07) is 1.78. The molecule has 1 heterocycles. The van der Waals surface area contributed by atoms with E-state index in [0.717, 1.165) is 25.5 Å². The molecular formula is C15H21N5O3S. The van der Waals surface area contributed by atoms with Gasteiger partial charge >= 0.3 is 0 Å². The molecule has 0 saturated heterocycles. The predicted molar refractivity (Wildman–Crippen MR) is 88.0 cm³/mol. The van der Waals surface area contributed by atoms with E-state index in [-0.39, 0.29) is 22.4 Å². The van der Waals surface area contributed by atoms with Crippen LogP contribution in [0.5, 0.6) is 0 Å². The first-order valence-electron chi connectivity index (χ1n) is 7.67. The van der Waals surface area contributed by atoms with Gasteiger partial charge in [-0.15, -0.1) is 0 Å². The van der Waals surface area contributed by atoms with E-state index in [4.69, 9.17) is 5.26 Å². The summed E-state index contributed by atoms with van der Waals surface area (Å²) in [4.78, 5) is 22.2. The van der Waals surface area contributed by atoms with Gasteiger partial charge in [0.25, 0.3) is 0 Å². The maximum atomic E-state index is 12.7. The Bertz CT molecular complexity index is 777. The molecule has 1 fully saturated rings. The number of carbonyl (C=O) groups excluding carboxylic acids is 1. The molecule has 1 amide bonds. The van der Waals surface area contributed by atoms with Crippen LogP contribution in [0.1, 0.15) is 37.7 Å². The van der Waals surface area contributed by atoms with Gasteiger partial charge in [0.15, 0.2) is 14.9 Å². The number of nitriles is 1. The van der Waals surface area contributed by atoms with Gasteiger partial charge in [0.05, 0.1) is 6.20 Å². The van der Waals surface area contributed by atoms with Crippen molar-refractivity contribution in [1.29, 1.82) is 5.26 Å². The minimum atomic E-state index is -3.67. The number of hydrogen-bond acceptors (Lipinski definition) is 7. The van der Waals surface area contributed by atoms with E-state index in [1.807, 2.05) is 0 Å². The summed E-state index contributed by atoms with van der Waals surface area (Å²) in [5.74, 6) is -0.0393. The topological polar surface area (TPSA) is 116 Å².